The van der Waals surface area contributed by atoms with E-state index in [0.29, 0.717) is 11.8 Å². The molecular formula is C30H44. The Morgan fingerprint density at radius 3 is 1.23 bits per heavy atom. The van der Waals surface area contributed by atoms with Gasteiger partial charge in [0.2, 0.25) is 0 Å². The topological polar surface area (TPSA) is 0 Å². The van der Waals surface area contributed by atoms with E-state index in [1.165, 1.54) is 33.4 Å². The van der Waals surface area contributed by atoms with Crippen molar-refractivity contribution in [3.8, 4) is 0 Å². The first-order chi connectivity index (χ1) is 13.8. The second kappa shape index (κ2) is 9.29. The molecule has 2 atom stereocenters. The van der Waals surface area contributed by atoms with Crippen LogP contribution in [0.5, 0.6) is 0 Å². The molecule has 2 aromatic rings. The van der Waals surface area contributed by atoms with E-state index in [1.807, 2.05) is 0 Å². The molecule has 0 aliphatic rings. The lowest BCUT2D eigenvalue weighted by Gasteiger charge is -2.26. The molecule has 0 bridgehead atoms. The lowest BCUT2D eigenvalue weighted by molar-refractivity contribution is 0.582. The summed E-state index contributed by atoms with van der Waals surface area (Å²) in [5.74, 6) is 1.40. The molecule has 0 N–H and O–H groups in total. The summed E-state index contributed by atoms with van der Waals surface area (Å²) < 4.78 is 0. The number of hydrogen-bond acceptors (Lipinski definition) is 0. The van der Waals surface area contributed by atoms with E-state index < -0.39 is 0 Å². The van der Waals surface area contributed by atoms with Crippen molar-refractivity contribution in [2.45, 2.75) is 118 Å². The molecule has 0 aliphatic heterocycles. The van der Waals surface area contributed by atoms with Crippen LogP contribution in [-0.2, 0) is 10.8 Å². The van der Waals surface area contributed by atoms with Crippen molar-refractivity contribution in [2.24, 2.45) is 0 Å². The predicted octanol–water partition coefficient (Wildman–Crippen LogP) is 9.06. The summed E-state index contributed by atoms with van der Waals surface area (Å²) >= 11 is 0. The van der Waals surface area contributed by atoms with Gasteiger partial charge < -0.3 is 0 Å². The standard InChI is InChI=1S/C30H44/c1-12-20(3)23-14-25(18-27(16-23)29(6,7)8)22(5)26-15-24(21(4)13-2)17-28(19-26)30(9,10)11/h14-17,20-22H,12-13H2,1-11H3. The van der Waals surface area contributed by atoms with E-state index in [-0.39, 0.29) is 16.7 Å². The fraction of sp³-hybridized carbons (Fsp3) is 0.600. The van der Waals surface area contributed by atoms with Crippen molar-refractivity contribution in [1.82, 2.24) is 0 Å². The van der Waals surface area contributed by atoms with Crippen molar-refractivity contribution < 1.29 is 0 Å². The highest BCUT2D eigenvalue weighted by Crippen LogP contribution is 2.36. The van der Waals surface area contributed by atoms with E-state index in [0.717, 1.165) is 12.8 Å². The van der Waals surface area contributed by atoms with E-state index in [9.17, 15) is 0 Å². The van der Waals surface area contributed by atoms with Gasteiger partial charge in [0, 0.05) is 5.92 Å². The minimum atomic E-state index is 0.0940. The van der Waals surface area contributed by atoms with Gasteiger partial charge in [0.15, 0.2) is 0 Å². The predicted molar refractivity (Wildman–Crippen MR) is 133 cm³/mol. The minimum Gasteiger partial charge on any atom is -0.0648 e. The summed E-state index contributed by atoms with van der Waals surface area (Å²) in [5.41, 5.74) is 8.31. The second-order valence-electron chi connectivity index (χ2n) is 11.4. The Hall–Kier alpha value is -1.56. The molecule has 0 saturated heterocycles. The fourth-order valence-electron chi connectivity index (χ4n) is 3.71. The van der Waals surface area contributed by atoms with Gasteiger partial charge in [0.05, 0.1) is 0 Å². The lowest BCUT2D eigenvalue weighted by Crippen LogP contribution is -2.15. The Balaban J connectivity index is 2.65. The molecule has 0 saturated carbocycles. The summed E-state index contributed by atoms with van der Waals surface area (Å²) in [4.78, 5) is 0. The van der Waals surface area contributed by atoms with E-state index >= 15 is 0 Å². The van der Waals surface area contributed by atoms with Gasteiger partial charge in [-0.15, -0.1) is 0 Å². The molecule has 0 aliphatic carbocycles. The zero-order valence-corrected chi connectivity index (χ0v) is 21.5. The van der Waals surface area contributed by atoms with Crippen LogP contribution in [0.3, 0.4) is 0 Å². The molecule has 0 fully saturated rings. The Kier molecular flexibility index (Phi) is 7.65. The van der Waals surface area contributed by atoms with Crippen LogP contribution in [0.25, 0.3) is 0 Å². The fourth-order valence-corrected chi connectivity index (χ4v) is 3.71. The normalized spacial score (nSPS) is 15.7. The number of benzene rings is 2. The smallest absolute Gasteiger partial charge is 0.00737 e. The third kappa shape index (κ3) is 5.77. The molecule has 2 rings (SSSR count). The van der Waals surface area contributed by atoms with Crippen molar-refractivity contribution in [3.63, 3.8) is 0 Å². The van der Waals surface area contributed by atoms with Gasteiger partial charge in [-0.1, -0.05) is 100 Å². The Bertz CT molecular complexity index is 770. The zero-order chi connectivity index (χ0) is 22.9. The van der Waals surface area contributed by atoms with Gasteiger partial charge in [-0.2, -0.15) is 0 Å². The Labute approximate surface area is 187 Å². The zero-order valence-electron chi connectivity index (χ0n) is 21.5. The van der Waals surface area contributed by atoms with Crippen LogP contribution in [0.15, 0.2) is 24.3 Å². The monoisotopic (exact) mass is 404 g/mol. The highest BCUT2D eigenvalue weighted by Gasteiger charge is 2.23. The summed E-state index contributed by atoms with van der Waals surface area (Å²) in [6.07, 6.45) is 2.32. The van der Waals surface area contributed by atoms with Gasteiger partial charge in [0.1, 0.15) is 0 Å². The van der Waals surface area contributed by atoms with Gasteiger partial charge in [0.25, 0.3) is 0 Å². The SMILES string of the molecule is CCC(C)c1cc(C(C)c2[c]c(C(C)(C)C)cc(C(C)CC)c2)[c]c(C(C)(C)C)c1. The molecule has 0 spiro atoms. The molecule has 2 radical (unpaired) electrons. The molecule has 0 amide bonds. The summed E-state index contributed by atoms with van der Waals surface area (Å²) in [5, 5.41) is 0. The Morgan fingerprint density at radius 2 is 0.967 bits per heavy atom. The maximum Gasteiger partial charge on any atom is 0.00737 e. The third-order valence-corrected chi connectivity index (χ3v) is 6.74. The largest absolute Gasteiger partial charge is 0.0648 e. The maximum atomic E-state index is 3.80. The average Bonchev–Trinajstić information content (AvgIpc) is 2.69. The van der Waals surface area contributed by atoms with E-state index in [1.54, 1.807) is 0 Å². The molecule has 2 aromatic carbocycles. The highest BCUT2D eigenvalue weighted by molar-refractivity contribution is 5.43. The van der Waals surface area contributed by atoms with Crippen LogP contribution in [0.4, 0.5) is 0 Å². The minimum absolute atomic E-state index is 0.0940. The van der Waals surface area contributed by atoms with Gasteiger partial charge >= 0.3 is 0 Å². The van der Waals surface area contributed by atoms with Crippen LogP contribution in [0.2, 0.25) is 0 Å². The molecule has 0 nitrogen and oxygen atoms in total. The highest BCUT2D eigenvalue weighted by atomic mass is 14.3. The number of hydrogen-bond donors (Lipinski definition) is 0. The first kappa shape index (κ1) is 24.7. The average molecular weight is 405 g/mol. The van der Waals surface area contributed by atoms with Crippen molar-refractivity contribution in [3.05, 3.63) is 69.8 Å². The molecule has 0 heteroatoms. The van der Waals surface area contributed by atoms with Crippen molar-refractivity contribution >= 4 is 0 Å². The van der Waals surface area contributed by atoms with Crippen molar-refractivity contribution in [2.75, 3.05) is 0 Å². The molecule has 0 heterocycles. The summed E-state index contributed by atoms with van der Waals surface area (Å²) in [6.45, 7) is 25.3. The summed E-state index contributed by atoms with van der Waals surface area (Å²) in [6, 6.07) is 17.2. The Morgan fingerprint density at radius 1 is 0.633 bits per heavy atom. The van der Waals surface area contributed by atoms with Crippen LogP contribution < -0.4 is 0 Å². The van der Waals surface area contributed by atoms with Gasteiger partial charge in [-0.25, -0.2) is 0 Å². The molecular weight excluding hydrogens is 360 g/mol. The quantitative estimate of drug-likeness (QED) is 0.450. The molecule has 0 aromatic heterocycles. The number of rotatable bonds is 6. The second-order valence-corrected chi connectivity index (χ2v) is 11.4. The third-order valence-electron chi connectivity index (χ3n) is 6.74. The van der Waals surface area contributed by atoms with Gasteiger partial charge in [-0.05, 0) is 81.0 Å². The van der Waals surface area contributed by atoms with E-state index in [4.69, 9.17) is 0 Å². The molecule has 2 unspecified atom stereocenters. The first-order valence-corrected chi connectivity index (χ1v) is 11.9. The van der Waals surface area contributed by atoms with Crippen LogP contribution in [0.1, 0.15) is 140 Å². The lowest BCUT2D eigenvalue weighted by atomic mass is 9.78. The molecule has 164 valence electrons. The maximum absolute atomic E-state index is 3.80. The van der Waals surface area contributed by atoms with Crippen molar-refractivity contribution in [1.29, 1.82) is 0 Å². The van der Waals surface area contributed by atoms with Gasteiger partial charge in [-0.3, -0.25) is 0 Å². The first-order valence-electron chi connectivity index (χ1n) is 11.9. The van der Waals surface area contributed by atoms with Crippen LogP contribution in [-0.4, -0.2) is 0 Å². The van der Waals surface area contributed by atoms with Crippen LogP contribution in [0, 0.1) is 12.1 Å². The van der Waals surface area contributed by atoms with E-state index in [2.05, 4.69) is 113 Å². The molecule has 30 heavy (non-hydrogen) atoms. The van der Waals surface area contributed by atoms with Crippen LogP contribution >= 0.6 is 0 Å². The summed E-state index contributed by atoms with van der Waals surface area (Å²) in [7, 11) is 0.